The third kappa shape index (κ3) is 6.57. The lowest BCUT2D eigenvalue weighted by atomic mass is 9.86. The Kier molecular flexibility index (Phi) is 6.35. The van der Waals surface area contributed by atoms with E-state index >= 15 is 0 Å². The molecule has 0 bridgehead atoms. The summed E-state index contributed by atoms with van der Waals surface area (Å²) in [6, 6.07) is 5.71. The molecule has 0 N–H and O–H groups in total. The molecule has 21 heavy (non-hydrogen) atoms. The van der Waals surface area contributed by atoms with Gasteiger partial charge < -0.3 is 9.47 Å². The highest BCUT2D eigenvalue weighted by atomic mass is 35.7. The highest BCUT2D eigenvalue weighted by Gasteiger charge is 2.20. The van der Waals surface area contributed by atoms with Crippen molar-refractivity contribution in [2.24, 2.45) is 0 Å². The molecule has 120 valence electrons. The van der Waals surface area contributed by atoms with Crippen LogP contribution in [0.1, 0.15) is 39.2 Å². The summed E-state index contributed by atoms with van der Waals surface area (Å²) in [6.07, 6.45) is 1.13. The fraction of sp³-hybridized carbons (Fsp3) is 0.600. The minimum absolute atomic E-state index is 0.0212. The van der Waals surface area contributed by atoms with Gasteiger partial charge in [-0.15, -0.1) is 0 Å². The summed E-state index contributed by atoms with van der Waals surface area (Å²) < 4.78 is 32.7. The van der Waals surface area contributed by atoms with Gasteiger partial charge in [-0.05, 0) is 36.5 Å². The lowest BCUT2D eigenvalue weighted by Gasteiger charge is -2.23. The molecule has 0 unspecified atom stereocenters. The Morgan fingerprint density at radius 1 is 1.19 bits per heavy atom. The smallest absolute Gasteiger partial charge is 0.232 e. The van der Waals surface area contributed by atoms with Crippen LogP contribution in [0.2, 0.25) is 0 Å². The van der Waals surface area contributed by atoms with Gasteiger partial charge in [0.1, 0.15) is 11.5 Å². The molecule has 0 aliphatic heterocycles. The van der Waals surface area contributed by atoms with Crippen LogP contribution >= 0.6 is 10.7 Å². The zero-order chi connectivity index (χ0) is 16.1. The molecule has 4 nitrogen and oxygen atoms in total. The van der Waals surface area contributed by atoms with Crippen LogP contribution < -0.4 is 9.47 Å². The van der Waals surface area contributed by atoms with Crippen LogP contribution in [-0.2, 0) is 14.5 Å². The quantitative estimate of drug-likeness (QED) is 0.563. The minimum atomic E-state index is -3.41. The SMILES string of the molecule is COc1ccc(OCCCCS(=O)(=O)Cl)c(C(C)(C)C)c1. The molecule has 1 rings (SSSR count). The third-order valence-electron chi connectivity index (χ3n) is 3.03. The van der Waals surface area contributed by atoms with E-state index in [9.17, 15) is 8.42 Å². The van der Waals surface area contributed by atoms with Crippen molar-refractivity contribution in [3.63, 3.8) is 0 Å². The van der Waals surface area contributed by atoms with Crippen molar-refractivity contribution in [1.82, 2.24) is 0 Å². The Bertz CT molecular complexity index is 562. The first kappa shape index (κ1) is 18.1. The first-order valence-corrected chi connectivity index (χ1v) is 9.35. The van der Waals surface area contributed by atoms with Gasteiger partial charge in [-0.2, -0.15) is 0 Å². The Balaban J connectivity index is 2.66. The van der Waals surface area contributed by atoms with Gasteiger partial charge in [-0.1, -0.05) is 20.8 Å². The lowest BCUT2D eigenvalue weighted by Crippen LogP contribution is -2.14. The summed E-state index contributed by atoms with van der Waals surface area (Å²) in [4.78, 5) is 0. The van der Waals surface area contributed by atoms with Crippen molar-refractivity contribution >= 4 is 19.7 Å². The highest BCUT2D eigenvalue weighted by Crippen LogP contribution is 2.34. The monoisotopic (exact) mass is 334 g/mol. The van der Waals surface area contributed by atoms with E-state index < -0.39 is 9.05 Å². The largest absolute Gasteiger partial charge is 0.497 e. The van der Waals surface area contributed by atoms with Crippen molar-refractivity contribution in [2.45, 2.75) is 39.0 Å². The molecular formula is C15H23ClO4S. The number of methoxy groups -OCH3 is 1. The fourth-order valence-corrected chi connectivity index (χ4v) is 2.78. The maximum Gasteiger partial charge on any atom is 0.232 e. The molecule has 0 atom stereocenters. The van der Waals surface area contributed by atoms with Gasteiger partial charge in [-0.3, -0.25) is 0 Å². The molecule has 0 saturated heterocycles. The first-order valence-electron chi connectivity index (χ1n) is 6.87. The summed E-state index contributed by atoms with van der Waals surface area (Å²) in [6.45, 7) is 6.78. The van der Waals surface area contributed by atoms with Gasteiger partial charge in [0.15, 0.2) is 0 Å². The maximum atomic E-state index is 10.8. The van der Waals surface area contributed by atoms with Gasteiger partial charge >= 0.3 is 0 Å². The molecule has 0 fully saturated rings. The molecule has 0 aromatic heterocycles. The molecule has 0 spiro atoms. The molecule has 0 aliphatic rings. The topological polar surface area (TPSA) is 52.6 Å². The van der Waals surface area contributed by atoms with Gasteiger partial charge in [0.25, 0.3) is 0 Å². The highest BCUT2D eigenvalue weighted by molar-refractivity contribution is 8.13. The second-order valence-electron chi connectivity index (χ2n) is 5.91. The second kappa shape index (κ2) is 7.36. The first-order chi connectivity index (χ1) is 9.63. The Labute approximate surface area is 131 Å². The Morgan fingerprint density at radius 2 is 1.86 bits per heavy atom. The number of hydrogen-bond donors (Lipinski definition) is 0. The molecule has 1 aromatic carbocycles. The van der Waals surface area contributed by atoms with Crippen LogP contribution in [0.4, 0.5) is 0 Å². The van der Waals surface area contributed by atoms with E-state index in [4.69, 9.17) is 20.2 Å². The van der Waals surface area contributed by atoms with Crippen molar-refractivity contribution in [1.29, 1.82) is 0 Å². The second-order valence-corrected chi connectivity index (χ2v) is 8.81. The minimum Gasteiger partial charge on any atom is -0.497 e. The average molecular weight is 335 g/mol. The number of ether oxygens (including phenoxy) is 2. The summed E-state index contributed by atoms with van der Waals surface area (Å²) >= 11 is 0. The average Bonchev–Trinajstić information content (AvgIpc) is 2.36. The molecule has 0 amide bonds. The predicted molar refractivity (Wildman–Crippen MR) is 86.1 cm³/mol. The van der Waals surface area contributed by atoms with Crippen LogP contribution in [-0.4, -0.2) is 27.9 Å². The molecule has 0 aliphatic carbocycles. The molecular weight excluding hydrogens is 312 g/mol. The van der Waals surface area contributed by atoms with E-state index in [1.807, 2.05) is 18.2 Å². The summed E-state index contributed by atoms with van der Waals surface area (Å²) in [7, 11) is 3.39. The van der Waals surface area contributed by atoms with Crippen molar-refractivity contribution < 1.29 is 17.9 Å². The summed E-state index contributed by atoms with van der Waals surface area (Å²) in [5.74, 6) is 1.57. The van der Waals surface area contributed by atoms with Gasteiger partial charge in [0.2, 0.25) is 9.05 Å². The van der Waals surface area contributed by atoms with Gasteiger partial charge in [0, 0.05) is 16.2 Å². The van der Waals surface area contributed by atoms with Crippen LogP contribution in [0.3, 0.4) is 0 Å². The van der Waals surface area contributed by atoms with E-state index in [2.05, 4.69) is 20.8 Å². The number of hydrogen-bond acceptors (Lipinski definition) is 4. The predicted octanol–water partition coefficient (Wildman–Crippen LogP) is 3.72. The van der Waals surface area contributed by atoms with E-state index in [1.54, 1.807) is 7.11 Å². The molecule has 1 aromatic rings. The third-order valence-corrected chi connectivity index (χ3v) is 4.27. The van der Waals surface area contributed by atoms with Gasteiger partial charge in [0.05, 0.1) is 19.5 Å². The van der Waals surface area contributed by atoms with Crippen molar-refractivity contribution in [3.05, 3.63) is 23.8 Å². The fourth-order valence-electron chi connectivity index (χ4n) is 1.91. The molecule has 6 heteroatoms. The zero-order valence-electron chi connectivity index (χ0n) is 13.0. The Morgan fingerprint density at radius 3 is 2.38 bits per heavy atom. The van der Waals surface area contributed by atoms with E-state index in [0.717, 1.165) is 17.1 Å². The van der Waals surface area contributed by atoms with Crippen LogP contribution in [0.25, 0.3) is 0 Å². The van der Waals surface area contributed by atoms with E-state index in [-0.39, 0.29) is 11.2 Å². The Hall–Kier alpha value is -0.940. The van der Waals surface area contributed by atoms with Gasteiger partial charge in [-0.25, -0.2) is 8.42 Å². The molecule has 0 heterocycles. The number of halogens is 1. The van der Waals surface area contributed by atoms with E-state index in [0.29, 0.717) is 19.4 Å². The van der Waals surface area contributed by atoms with Crippen LogP contribution in [0, 0.1) is 0 Å². The van der Waals surface area contributed by atoms with E-state index in [1.165, 1.54) is 0 Å². The molecule has 0 radical (unpaired) electrons. The summed E-state index contributed by atoms with van der Waals surface area (Å²) in [5.41, 5.74) is 0.996. The summed E-state index contributed by atoms with van der Waals surface area (Å²) in [5, 5.41) is 0. The van der Waals surface area contributed by atoms with Crippen LogP contribution in [0.5, 0.6) is 11.5 Å². The van der Waals surface area contributed by atoms with Crippen molar-refractivity contribution in [3.8, 4) is 11.5 Å². The van der Waals surface area contributed by atoms with Crippen molar-refractivity contribution in [2.75, 3.05) is 19.5 Å². The van der Waals surface area contributed by atoms with Crippen LogP contribution in [0.15, 0.2) is 18.2 Å². The maximum absolute atomic E-state index is 10.8. The zero-order valence-corrected chi connectivity index (χ0v) is 14.6. The number of unbranched alkanes of at least 4 members (excludes halogenated alkanes) is 1. The molecule has 0 saturated carbocycles. The standard InChI is InChI=1S/C15H23ClO4S/c1-15(2,3)13-11-12(19-4)7-8-14(13)20-9-5-6-10-21(16,17)18/h7-8,11H,5-6,9-10H2,1-4H3. The normalized spacial score (nSPS) is 12.2. The number of benzene rings is 1. The lowest BCUT2D eigenvalue weighted by molar-refractivity contribution is 0.300. The number of rotatable bonds is 7.